The maximum Gasteiger partial charge on any atom is 0.0315 e. The van der Waals surface area contributed by atoms with Gasteiger partial charge in [0.25, 0.3) is 0 Å². The van der Waals surface area contributed by atoms with E-state index in [1.165, 1.54) is 113 Å². The summed E-state index contributed by atoms with van der Waals surface area (Å²) in [5, 5.41) is 0. The zero-order valence-corrected chi connectivity index (χ0v) is 30.9. The van der Waals surface area contributed by atoms with Crippen LogP contribution in [0.5, 0.6) is 0 Å². The van der Waals surface area contributed by atoms with Crippen LogP contribution in [0.1, 0.15) is 144 Å². The summed E-state index contributed by atoms with van der Waals surface area (Å²) in [4.78, 5) is 0. The van der Waals surface area contributed by atoms with Crippen molar-refractivity contribution in [1.82, 2.24) is 0 Å². The van der Waals surface area contributed by atoms with Gasteiger partial charge in [-0.05, 0) is 114 Å². The molecule has 0 heterocycles. The molecule has 4 aromatic rings. The maximum atomic E-state index is 2.57. The largest absolute Gasteiger partial charge is 0.0654 e. The monoisotopic (exact) mass is 636 g/mol. The third kappa shape index (κ3) is 7.49. The molecule has 2 atom stereocenters. The number of unbranched alkanes of at least 4 members (excludes halogenated alkanes) is 5. The molecule has 0 N–H and O–H groups in total. The van der Waals surface area contributed by atoms with Gasteiger partial charge in [0, 0.05) is 11.3 Å². The minimum atomic E-state index is -0.207. The fourth-order valence-electron chi connectivity index (χ4n) is 8.74. The van der Waals surface area contributed by atoms with Crippen LogP contribution in [-0.4, -0.2) is 0 Å². The molecule has 1 aliphatic carbocycles. The van der Waals surface area contributed by atoms with Crippen molar-refractivity contribution >= 4 is 11.1 Å². The summed E-state index contributed by atoms with van der Waals surface area (Å²) in [6.07, 6.45) is 14.5. The predicted molar refractivity (Wildman–Crippen MR) is 211 cm³/mol. The van der Waals surface area contributed by atoms with Gasteiger partial charge in [-0.3, -0.25) is 0 Å². The van der Waals surface area contributed by atoms with E-state index in [1.54, 1.807) is 0 Å². The van der Waals surface area contributed by atoms with Crippen LogP contribution < -0.4 is 0 Å². The lowest BCUT2D eigenvalue weighted by Gasteiger charge is -2.49. The molecule has 0 saturated heterocycles. The molecule has 0 aliphatic heterocycles. The standard InChI is InChI=1S/C48H60/c1-7-11-15-22-38-31-33-43(34-32-38)48(10-4)46(41-27-17-14-18-28-41)36(5)45(44-30-20-19-26-40(44)25-13-9-3)37(6)47(48)42-29-21-24-39(35-42)23-16-12-8-2/h14,17-21,24,26-35,47H,7-13,15-16,22-23,25H2,1-6H3. The van der Waals surface area contributed by atoms with Gasteiger partial charge in [0.2, 0.25) is 0 Å². The molecule has 4 aromatic carbocycles. The molecule has 2 unspecified atom stereocenters. The van der Waals surface area contributed by atoms with Gasteiger partial charge in [0.15, 0.2) is 0 Å². The number of hydrogen-bond donors (Lipinski definition) is 0. The lowest BCUT2D eigenvalue weighted by molar-refractivity contribution is 0.459. The minimum absolute atomic E-state index is 0.207. The summed E-state index contributed by atoms with van der Waals surface area (Å²) in [6.45, 7) is 14.2. The van der Waals surface area contributed by atoms with E-state index >= 15 is 0 Å². The van der Waals surface area contributed by atoms with Gasteiger partial charge >= 0.3 is 0 Å². The molecule has 0 amide bonds. The summed E-state index contributed by atoms with van der Waals surface area (Å²) in [6, 6.07) is 40.2. The van der Waals surface area contributed by atoms with Crippen LogP contribution in [0.25, 0.3) is 11.1 Å². The predicted octanol–water partition coefficient (Wildman–Crippen LogP) is 13.9. The van der Waals surface area contributed by atoms with Crippen molar-refractivity contribution in [3.63, 3.8) is 0 Å². The molecule has 0 saturated carbocycles. The van der Waals surface area contributed by atoms with Crippen molar-refractivity contribution in [2.24, 2.45) is 0 Å². The van der Waals surface area contributed by atoms with E-state index in [2.05, 4.69) is 145 Å². The Morgan fingerprint density at radius 2 is 1.21 bits per heavy atom. The van der Waals surface area contributed by atoms with Crippen molar-refractivity contribution in [3.8, 4) is 0 Å². The highest BCUT2D eigenvalue weighted by Gasteiger charge is 2.48. The zero-order valence-electron chi connectivity index (χ0n) is 30.9. The van der Waals surface area contributed by atoms with Crippen LogP contribution >= 0.6 is 0 Å². The van der Waals surface area contributed by atoms with Gasteiger partial charge in [0.05, 0.1) is 0 Å². The fourth-order valence-corrected chi connectivity index (χ4v) is 8.74. The highest BCUT2D eigenvalue weighted by Crippen LogP contribution is 2.60. The summed E-state index contributed by atoms with van der Waals surface area (Å²) in [5.41, 5.74) is 15.8. The molecule has 0 radical (unpaired) electrons. The molecular formula is C48H60. The van der Waals surface area contributed by atoms with Crippen molar-refractivity contribution in [2.45, 2.75) is 130 Å². The molecular weight excluding hydrogens is 577 g/mol. The first-order valence-electron chi connectivity index (χ1n) is 19.2. The Kier molecular flexibility index (Phi) is 12.7. The van der Waals surface area contributed by atoms with Crippen LogP contribution in [0.3, 0.4) is 0 Å². The van der Waals surface area contributed by atoms with Gasteiger partial charge in [-0.25, -0.2) is 0 Å². The Labute approximate surface area is 293 Å². The second kappa shape index (κ2) is 17.1. The van der Waals surface area contributed by atoms with Gasteiger partial charge in [-0.1, -0.05) is 169 Å². The maximum absolute atomic E-state index is 2.57. The summed E-state index contributed by atoms with van der Waals surface area (Å²) in [5.74, 6) is 0.215. The van der Waals surface area contributed by atoms with Gasteiger partial charge in [-0.15, -0.1) is 0 Å². The molecule has 0 nitrogen and oxygen atoms in total. The number of hydrogen-bond acceptors (Lipinski definition) is 0. The molecule has 0 heteroatoms. The number of allylic oxidation sites excluding steroid dienone is 4. The van der Waals surface area contributed by atoms with Crippen molar-refractivity contribution in [1.29, 1.82) is 0 Å². The molecule has 0 spiro atoms. The highest BCUT2D eigenvalue weighted by molar-refractivity contribution is 5.98. The van der Waals surface area contributed by atoms with Crippen LogP contribution in [0.2, 0.25) is 0 Å². The molecule has 1 aliphatic rings. The van der Waals surface area contributed by atoms with Gasteiger partial charge in [0.1, 0.15) is 0 Å². The van der Waals surface area contributed by atoms with Gasteiger partial charge in [-0.2, -0.15) is 0 Å². The van der Waals surface area contributed by atoms with E-state index in [0.29, 0.717) is 0 Å². The normalized spacial score (nSPS) is 18.1. The second-order valence-electron chi connectivity index (χ2n) is 14.3. The molecule has 5 rings (SSSR count). The van der Waals surface area contributed by atoms with E-state index in [0.717, 1.165) is 25.7 Å². The second-order valence-corrected chi connectivity index (χ2v) is 14.3. The third-order valence-electron chi connectivity index (χ3n) is 11.1. The number of aryl methyl sites for hydroxylation is 3. The Hall–Kier alpha value is -3.64. The van der Waals surface area contributed by atoms with E-state index in [-0.39, 0.29) is 11.3 Å². The molecule has 252 valence electrons. The smallest absolute Gasteiger partial charge is 0.0315 e. The lowest BCUT2D eigenvalue weighted by Crippen LogP contribution is -2.39. The van der Waals surface area contributed by atoms with Crippen molar-refractivity contribution in [3.05, 3.63) is 153 Å². The fraction of sp³-hybridized carbons (Fsp3) is 0.417. The number of rotatable bonds is 16. The van der Waals surface area contributed by atoms with Gasteiger partial charge < -0.3 is 0 Å². The van der Waals surface area contributed by atoms with E-state index < -0.39 is 0 Å². The van der Waals surface area contributed by atoms with Crippen molar-refractivity contribution < 1.29 is 0 Å². The van der Waals surface area contributed by atoms with E-state index in [4.69, 9.17) is 0 Å². The Morgan fingerprint density at radius 1 is 0.562 bits per heavy atom. The molecule has 0 bridgehead atoms. The quantitative estimate of drug-likeness (QED) is 0.107. The topological polar surface area (TPSA) is 0 Å². The van der Waals surface area contributed by atoms with Crippen LogP contribution in [0.4, 0.5) is 0 Å². The van der Waals surface area contributed by atoms with Crippen LogP contribution in [0, 0.1) is 0 Å². The van der Waals surface area contributed by atoms with Crippen LogP contribution in [0.15, 0.2) is 114 Å². The average Bonchev–Trinajstić information content (AvgIpc) is 3.12. The van der Waals surface area contributed by atoms with E-state index in [1.807, 2.05) is 0 Å². The molecule has 0 fully saturated rings. The van der Waals surface area contributed by atoms with E-state index in [9.17, 15) is 0 Å². The summed E-state index contributed by atoms with van der Waals surface area (Å²) < 4.78 is 0. The summed E-state index contributed by atoms with van der Waals surface area (Å²) >= 11 is 0. The lowest BCUT2D eigenvalue weighted by atomic mass is 9.53. The Bertz CT molecular complexity index is 1660. The first kappa shape index (κ1) is 35.7. The molecule has 0 aromatic heterocycles. The first-order valence-corrected chi connectivity index (χ1v) is 19.2. The SMILES string of the molecule is CCCCCc1ccc(C2(CC)C(c3ccccc3)=C(C)C(c3ccccc3CCCC)=C(C)C2c2cccc(CCCCC)c2)cc1. The number of benzene rings is 4. The zero-order chi connectivity index (χ0) is 33.9. The Morgan fingerprint density at radius 3 is 1.88 bits per heavy atom. The molecule has 48 heavy (non-hydrogen) atoms. The average molecular weight is 637 g/mol. The summed E-state index contributed by atoms with van der Waals surface area (Å²) in [7, 11) is 0. The minimum Gasteiger partial charge on any atom is -0.0654 e. The highest BCUT2D eigenvalue weighted by atomic mass is 14.5. The third-order valence-corrected chi connectivity index (χ3v) is 11.1. The van der Waals surface area contributed by atoms with Crippen LogP contribution in [-0.2, 0) is 24.7 Å². The Balaban J connectivity index is 1.81. The first-order chi connectivity index (χ1) is 23.5. The van der Waals surface area contributed by atoms with Crippen molar-refractivity contribution in [2.75, 3.05) is 0 Å².